The van der Waals surface area contributed by atoms with E-state index in [4.69, 9.17) is 9.05 Å². The van der Waals surface area contributed by atoms with Gasteiger partial charge < -0.3 is 0 Å². The van der Waals surface area contributed by atoms with Gasteiger partial charge in [-0.2, -0.15) is 0 Å². The molecule has 0 aromatic heterocycles. The minimum Gasteiger partial charge on any atom is -0.222 e. The summed E-state index contributed by atoms with van der Waals surface area (Å²) in [6.07, 6.45) is 0. The van der Waals surface area contributed by atoms with Crippen LogP contribution in [0.2, 0.25) is 0 Å². The normalized spacial score (nSPS) is 8.94. The Kier molecular flexibility index (Phi) is 5.69. The van der Waals surface area contributed by atoms with Crippen molar-refractivity contribution in [2.24, 2.45) is 0 Å². The van der Waals surface area contributed by atoms with Crippen molar-refractivity contribution in [2.45, 2.75) is 0 Å². The van der Waals surface area contributed by atoms with Gasteiger partial charge in [0.2, 0.25) is 0 Å². The van der Waals surface area contributed by atoms with Gasteiger partial charge in [-0.3, -0.25) is 0 Å². The molecule has 0 heterocycles. The number of benzene rings is 2. The molecule has 0 aliphatic carbocycles. The van der Waals surface area contributed by atoms with Gasteiger partial charge in [0.05, 0.1) is 0 Å². The predicted octanol–water partition coefficient (Wildman–Crippen LogP) is 3.80. The van der Waals surface area contributed by atoms with Crippen LogP contribution in [0.3, 0.4) is 0 Å². The summed E-state index contributed by atoms with van der Waals surface area (Å²) in [5.74, 6) is 1.05. The van der Waals surface area contributed by atoms with Gasteiger partial charge in [0.15, 0.2) is 11.5 Å². The van der Waals surface area contributed by atoms with Gasteiger partial charge in [0.1, 0.15) is 0 Å². The zero-order valence-electron chi connectivity index (χ0n) is 8.76. The molecule has 2 rings (SSSR count). The smallest absolute Gasteiger partial charge is 0.222 e. The zero-order valence-corrected chi connectivity index (χ0v) is 10.6. The molecule has 0 saturated heterocycles. The van der Waals surface area contributed by atoms with Crippen molar-refractivity contribution in [3.63, 3.8) is 0 Å². The first kappa shape index (κ1) is 13.7. The van der Waals surface area contributed by atoms with E-state index in [0.29, 0.717) is 11.5 Å². The standard InChI is InChI=1S/C12H10O3P.Ni/c13-16(14-11-7-3-1-4-8-11)15-12-9-5-2-6-10-12;/h1-10H;/q+1;. The Balaban J connectivity index is 0.00000144. The Hall–Kier alpha value is -1.37. The topological polar surface area (TPSA) is 35.5 Å². The van der Waals surface area contributed by atoms with E-state index in [9.17, 15) is 4.57 Å². The average Bonchev–Trinajstić information content (AvgIpc) is 2.31. The molecule has 0 spiro atoms. The Morgan fingerprint density at radius 3 is 1.41 bits per heavy atom. The Labute approximate surface area is 111 Å². The zero-order chi connectivity index (χ0) is 11.2. The third-order valence-corrected chi connectivity index (χ3v) is 2.57. The van der Waals surface area contributed by atoms with E-state index in [1.54, 1.807) is 48.5 Å². The van der Waals surface area contributed by atoms with Crippen LogP contribution in [0.25, 0.3) is 0 Å². The van der Waals surface area contributed by atoms with Crippen molar-refractivity contribution in [1.29, 1.82) is 0 Å². The molecule has 0 N–H and O–H groups in total. The Morgan fingerprint density at radius 1 is 0.706 bits per heavy atom. The second kappa shape index (κ2) is 7.06. The summed E-state index contributed by atoms with van der Waals surface area (Å²) in [6, 6.07) is 17.8. The summed E-state index contributed by atoms with van der Waals surface area (Å²) in [5.41, 5.74) is 0. The molecule has 0 aliphatic heterocycles. The van der Waals surface area contributed by atoms with E-state index in [2.05, 4.69) is 0 Å². The molecule has 5 heteroatoms. The largest absolute Gasteiger partial charge is 0.805 e. The molecule has 90 valence electrons. The van der Waals surface area contributed by atoms with Crippen LogP contribution in [0.1, 0.15) is 0 Å². The first-order chi connectivity index (χ1) is 7.84. The first-order valence-electron chi connectivity index (χ1n) is 4.78. The van der Waals surface area contributed by atoms with Gasteiger partial charge in [-0.05, 0) is 24.3 Å². The Bertz CT molecular complexity index is 418. The SMILES string of the molecule is O=[P+](Oc1ccccc1)Oc1ccccc1.[Ni]. The van der Waals surface area contributed by atoms with Crippen molar-refractivity contribution in [2.75, 3.05) is 0 Å². The van der Waals surface area contributed by atoms with Crippen LogP contribution in [0.15, 0.2) is 60.7 Å². The summed E-state index contributed by atoms with van der Waals surface area (Å²) < 4.78 is 21.7. The molecular formula is C12H10NiO3P+. The summed E-state index contributed by atoms with van der Waals surface area (Å²) in [6.45, 7) is 0. The molecule has 0 amide bonds. The molecular weight excluding hydrogens is 282 g/mol. The van der Waals surface area contributed by atoms with Crippen LogP contribution >= 0.6 is 8.25 Å². The number of para-hydroxylation sites is 2. The molecule has 0 atom stereocenters. The first-order valence-corrected chi connectivity index (χ1v) is 5.87. The minimum atomic E-state index is -2.18. The third-order valence-electron chi connectivity index (χ3n) is 1.85. The second-order valence-electron chi connectivity index (χ2n) is 3.03. The van der Waals surface area contributed by atoms with Crippen molar-refractivity contribution in [3.05, 3.63) is 60.7 Å². The minimum absolute atomic E-state index is 0. The average molecular weight is 292 g/mol. The fraction of sp³-hybridized carbons (Fsp3) is 0. The van der Waals surface area contributed by atoms with Gasteiger partial charge in [0, 0.05) is 21.1 Å². The quantitative estimate of drug-likeness (QED) is 0.635. The van der Waals surface area contributed by atoms with Gasteiger partial charge in [0.25, 0.3) is 0 Å². The molecule has 0 unspecified atom stereocenters. The van der Waals surface area contributed by atoms with E-state index in [0.717, 1.165) is 0 Å². The van der Waals surface area contributed by atoms with Crippen LogP contribution in [-0.4, -0.2) is 0 Å². The molecule has 2 aromatic carbocycles. The number of hydrogen-bond donors (Lipinski definition) is 0. The van der Waals surface area contributed by atoms with Gasteiger partial charge in [-0.1, -0.05) is 36.4 Å². The monoisotopic (exact) mass is 291 g/mol. The van der Waals surface area contributed by atoms with Gasteiger partial charge in [-0.15, -0.1) is 0 Å². The summed E-state index contributed by atoms with van der Waals surface area (Å²) in [4.78, 5) is 0. The molecule has 0 bridgehead atoms. The maximum absolute atomic E-state index is 11.5. The fourth-order valence-corrected chi connectivity index (χ4v) is 1.78. The van der Waals surface area contributed by atoms with E-state index < -0.39 is 8.25 Å². The van der Waals surface area contributed by atoms with Crippen LogP contribution in [0.4, 0.5) is 0 Å². The van der Waals surface area contributed by atoms with Crippen molar-refractivity contribution >= 4 is 8.25 Å². The molecule has 2 aromatic rings. The molecule has 0 radical (unpaired) electrons. The number of hydrogen-bond acceptors (Lipinski definition) is 3. The molecule has 17 heavy (non-hydrogen) atoms. The molecule has 0 saturated carbocycles. The van der Waals surface area contributed by atoms with Gasteiger partial charge >= 0.3 is 8.25 Å². The summed E-state index contributed by atoms with van der Waals surface area (Å²) >= 11 is 0. The maximum Gasteiger partial charge on any atom is 0.805 e. The Morgan fingerprint density at radius 2 is 1.06 bits per heavy atom. The summed E-state index contributed by atoms with van der Waals surface area (Å²) in [7, 11) is -2.18. The van der Waals surface area contributed by atoms with Gasteiger partial charge in [-0.25, -0.2) is 9.05 Å². The van der Waals surface area contributed by atoms with E-state index in [1.807, 2.05) is 12.1 Å². The van der Waals surface area contributed by atoms with Crippen molar-refractivity contribution in [3.8, 4) is 11.5 Å². The molecule has 0 aliphatic rings. The van der Waals surface area contributed by atoms with Crippen molar-refractivity contribution in [1.82, 2.24) is 0 Å². The molecule has 0 fully saturated rings. The van der Waals surface area contributed by atoms with Crippen molar-refractivity contribution < 1.29 is 30.1 Å². The molecule has 3 nitrogen and oxygen atoms in total. The van der Waals surface area contributed by atoms with E-state index in [-0.39, 0.29) is 16.5 Å². The fourth-order valence-electron chi connectivity index (χ4n) is 1.15. The predicted molar refractivity (Wildman–Crippen MR) is 61.7 cm³/mol. The van der Waals surface area contributed by atoms with E-state index >= 15 is 0 Å². The van der Waals surface area contributed by atoms with Crippen LogP contribution in [0, 0.1) is 0 Å². The summed E-state index contributed by atoms with van der Waals surface area (Å²) in [5, 5.41) is 0. The maximum atomic E-state index is 11.5. The van der Waals surface area contributed by atoms with E-state index in [1.165, 1.54) is 0 Å². The van der Waals surface area contributed by atoms with Crippen LogP contribution in [0.5, 0.6) is 11.5 Å². The second-order valence-corrected chi connectivity index (χ2v) is 3.84. The third kappa shape index (κ3) is 4.56. The van der Waals surface area contributed by atoms with Crippen LogP contribution in [-0.2, 0) is 21.1 Å². The van der Waals surface area contributed by atoms with Crippen LogP contribution < -0.4 is 9.05 Å². The number of rotatable bonds is 4.